The van der Waals surface area contributed by atoms with Gasteiger partial charge in [-0.25, -0.2) is 4.79 Å². The molecular weight excluding hydrogens is 320 g/mol. The first kappa shape index (κ1) is 18.4. The van der Waals surface area contributed by atoms with Crippen molar-refractivity contribution in [1.82, 2.24) is 0 Å². The van der Waals surface area contributed by atoms with E-state index in [-0.39, 0.29) is 19.0 Å². The van der Waals surface area contributed by atoms with Crippen molar-refractivity contribution >= 4 is 11.8 Å². The van der Waals surface area contributed by atoms with Gasteiger partial charge in [-0.3, -0.25) is 4.79 Å². The summed E-state index contributed by atoms with van der Waals surface area (Å²) < 4.78 is 10.3. The summed E-state index contributed by atoms with van der Waals surface area (Å²) >= 11 is 0. The fraction of sp³-hybridized carbons (Fsp3) is 0.200. The topological polar surface area (TPSA) is 72.8 Å². The number of ketones is 1. The van der Waals surface area contributed by atoms with Crippen LogP contribution in [0, 0.1) is 6.92 Å². The molecule has 1 unspecified atom stereocenters. The Bertz CT molecular complexity index is 752. The highest BCUT2D eigenvalue weighted by atomic mass is 16.5. The molecule has 2 aromatic carbocycles. The highest BCUT2D eigenvalue weighted by molar-refractivity contribution is 6.09. The molecule has 0 radical (unpaired) electrons. The van der Waals surface area contributed by atoms with Gasteiger partial charge in [0, 0.05) is 17.2 Å². The zero-order chi connectivity index (χ0) is 18.2. The smallest absolute Gasteiger partial charge is 0.330 e. The molecule has 0 spiro atoms. The average molecular weight is 340 g/mol. The van der Waals surface area contributed by atoms with E-state index < -0.39 is 12.1 Å². The molecule has 0 aliphatic rings. The van der Waals surface area contributed by atoms with Crippen LogP contribution in [0.2, 0.25) is 0 Å². The number of rotatable bonds is 8. The molecule has 1 N–H and O–H groups in total. The molecule has 0 aliphatic carbocycles. The number of benzene rings is 2. The van der Waals surface area contributed by atoms with E-state index >= 15 is 0 Å². The molecule has 2 rings (SSSR count). The highest BCUT2D eigenvalue weighted by Gasteiger charge is 2.12. The van der Waals surface area contributed by atoms with Gasteiger partial charge in [0.15, 0.2) is 5.78 Å². The first-order valence-corrected chi connectivity index (χ1v) is 7.81. The predicted octanol–water partition coefficient (Wildman–Crippen LogP) is 2.69. The van der Waals surface area contributed by atoms with Crippen LogP contribution in [0.5, 0.6) is 5.75 Å². The molecular formula is C20H20O5. The monoisotopic (exact) mass is 340 g/mol. The van der Waals surface area contributed by atoms with Gasteiger partial charge in [-0.05, 0) is 30.7 Å². The van der Waals surface area contributed by atoms with Crippen LogP contribution in [0.15, 0.2) is 61.2 Å². The lowest BCUT2D eigenvalue weighted by Gasteiger charge is -2.14. The Hall–Kier alpha value is -2.92. The first-order chi connectivity index (χ1) is 12.0. The van der Waals surface area contributed by atoms with E-state index in [2.05, 4.69) is 6.58 Å². The molecule has 130 valence electrons. The van der Waals surface area contributed by atoms with E-state index in [0.29, 0.717) is 16.9 Å². The van der Waals surface area contributed by atoms with Gasteiger partial charge in [0.05, 0.1) is 0 Å². The van der Waals surface area contributed by atoms with Gasteiger partial charge in [-0.2, -0.15) is 0 Å². The Morgan fingerprint density at radius 3 is 2.48 bits per heavy atom. The maximum atomic E-state index is 12.4. The lowest BCUT2D eigenvalue weighted by atomic mass is 10.0. The molecule has 0 bridgehead atoms. The van der Waals surface area contributed by atoms with Gasteiger partial charge >= 0.3 is 5.97 Å². The Labute approximate surface area is 146 Å². The minimum Gasteiger partial charge on any atom is -0.490 e. The molecule has 0 heterocycles. The van der Waals surface area contributed by atoms with Crippen molar-refractivity contribution in [3.05, 3.63) is 77.9 Å². The second-order valence-corrected chi connectivity index (χ2v) is 5.47. The third-order valence-electron chi connectivity index (χ3n) is 3.49. The summed E-state index contributed by atoms with van der Waals surface area (Å²) in [5.74, 6) is -0.107. The minimum atomic E-state index is -0.950. The SMILES string of the molecule is C=CC(=O)OCC(O)COc1ccc(C(=O)c2ccccc2)cc1C. The summed E-state index contributed by atoms with van der Waals surface area (Å²) in [4.78, 5) is 23.4. The van der Waals surface area contributed by atoms with Crippen LogP contribution in [-0.4, -0.2) is 36.2 Å². The number of esters is 1. The molecule has 0 saturated heterocycles. The van der Waals surface area contributed by atoms with Crippen LogP contribution in [-0.2, 0) is 9.53 Å². The Morgan fingerprint density at radius 2 is 1.84 bits per heavy atom. The second-order valence-electron chi connectivity index (χ2n) is 5.47. The van der Waals surface area contributed by atoms with Crippen molar-refractivity contribution in [2.45, 2.75) is 13.0 Å². The van der Waals surface area contributed by atoms with Gasteiger partial charge in [0.1, 0.15) is 25.1 Å². The quantitative estimate of drug-likeness (QED) is 0.454. The molecule has 1 atom stereocenters. The van der Waals surface area contributed by atoms with E-state index in [1.165, 1.54) is 0 Å². The van der Waals surface area contributed by atoms with Crippen LogP contribution in [0.1, 0.15) is 21.5 Å². The molecule has 5 heteroatoms. The first-order valence-electron chi connectivity index (χ1n) is 7.81. The number of hydrogen-bond donors (Lipinski definition) is 1. The zero-order valence-electron chi connectivity index (χ0n) is 14.0. The van der Waals surface area contributed by atoms with Crippen LogP contribution in [0.25, 0.3) is 0 Å². The van der Waals surface area contributed by atoms with E-state index in [9.17, 15) is 14.7 Å². The van der Waals surface area contributed by atoms with E-state index in [1.807, 2.05) is 25.1 Å². The summed E-state index contributed by atoms with van der Waals surface area (Å²) in [6.07, 6.45) is 0.0779. The summed E-state index contributed by atoms with van der Waals surface area (Å²) in [6, 6.07) is 14.1. The maximum absolute atomic E-state index is 12.4. The number of ether oxygens (including phenoxy) is 2. The number of carbonyl (C=O) groups excluding carboxylic acids is 2. The Morgan fingerprint density at radius 1 is 1.12 bits per heavy atom. The van der Waals surface area contributed by atoms with Crippen molar-refractivity contribution in [2.75, 3.05) is 13.2 Å². The Kier molecular flexibility index (Phi) is 6.48. The van der Waals surface area contributed by atoms with Crippen molar-refractivity contribution in [3.63, 3.8) is 0 Å². The molecule has 2 aromatic rings. The van der Waals surface area contributed by atoms with Gasteiger partial charge in [-0.1, -0.05) is 36.9 Å². The fourth-order valence-electron chi connectivity index (χ4n) is 2.18. The maximum Gasteiger partial charge on any atom is 0.330 e. The number of hydrogen-bond acceptors (Lipinski definition) is 5. The largest absolute Gasteiger partial charge is 0.490 e. The van der Waals surface area contributed by atoms with Crippen LogP contribution in [0.3, 0.4) is 0 Å². The lowest BCUT2D eigenvalue weighted by Crippen LogP contribution is -2.24. The molecule has 25 heavy (non-hydrogen) atoms. The highest BCUT2D eigenvalue weighted by Crippen LogP contribution is 2.21. The van der Waals surface area contributed by atoms with Crippen molar-refractivity contribution < 1.29 is 24.2 Å². The molecule has 5 nitrogen and oxygen atoms in total. The van der Waals surface area contributed by atoms with E-state index in [4.69, 9.17) is 9.47 Å². The fourth-order valence-corrected chi connectivity index (χ4v) is 2.18. The molecule has 0 fully saturated rings. The minimum absolute atomic E-state index is 0.0305. The zero-order valence-corrected chi connectivity index (χ0v) is 14.0. The lowest BCUT2D eigenvalue weighted by molar-refractivity contribution is -0.141. The summed E-state index contributed by atoms with van der Waals surface area (Å²) in [5.41, 5.74) is 1.96. The van der Waals surface area contributed by atoms with Gasteiger partial charge in [0.25, 0.3) is 0 Å². The molecule has 0 aliphatic heterocycles. The van der Waals surface area contributed by atoms with Crippen LogP contribution < -0.4 is 4.74 Å². The molecule has 0 aromatic heterocycles. The van der Waals surface area contributed by atoms with Gasteiger partial charge < -0.3 is 14.6 Å². The van der Waals surface area contributed by atoms with Crippen molar-refractivity contribution in [3.8, 4) is 5.75 Å². The number of aryl methyl sites for hydroxylation is 1. The van der Waals surface area contributed by atoms with Crippen molar-refractivity contribution in [1.29, 1.82) is 0 Å². The third kappa shape index (κ3) is 5.29. The normalized spacial score (nSPS) is 11.4. The Balaban J connectivity index is 1.96. The van der Waals surface area contributed by atoms with Crippen molar-refractivity contribution in [2.24, 2.45) is 0 Å². The molecule has 0 saturated carbocycles. The number of aliphatic hydroxyl groups is 1. The number of aliphatic hydroxyl groups excluding tert-OH is 1. The third-order valence-corrected chi connectivity index (χ3v) is 3.49. The van der Waals surface area contributed by atoms with Crippen LogP contribution >= 0.6 is 0 Å². The molecule has 0 amide bonds. The van der Waals surface area contributed by atoms with E-state index in [0.717, 1.165) is 11.6 Å². The van der Waals surface area contributed by atoms with Gasteiger partial charge in [-0.15, -0.1) is 0 Å². The van der Waals surface area contributed by atoms with Gasteiger partial charge in [0.2, 0.25) is 0 Å². The van der Waals surface area contributed by atoms with E-state index in [1.54, 1.807) is 30.3 Å². The summed E-state index contributed by atoms with van der Waals surface area (Å²) in [6.45, 7) is 4.89. The number of carbonyl (C=O) groups is 2. The van der Waals surface area contributed by atoms with Crippen LogP contribution in [0.4, 0.5) is 0 Å². The standard InChI is InChI=1S/C20H20O5/c1-3-19(22)25-13-17(21)12-24-18-10-9-16(11-14(18)2)20(23)15-7-5-4-6-8-15/h3-11,17,21H,1,12-13H2,2H3. The average Bonchev–Trinajstić information content (AvgIpc) is 2.65. The second kappa shape index (κ2) is 8.80. The summed E-state index contributed by atoms with van der Waals surface area (Å²) in [7, 11) is 0. The predicted molar refractivity (Wildman–Crippen MR) is 93.7 cm³/mol. The summed E-state index contributed by atoms with van der Waals surface area (Å²) in [5, 5.41) is 9.75.